The topological polar surface area (TPSA) is 40.0 Å². The van der Waals surface area contributed by atoms with Crippen LogP contribution in [0.1, 0.15) is 26.7 Å². The fourth-order valence-corrected chi connectivity index (χ4v) is 2.42. The van der Waals surface area contributed by atoms with E-state index < -0.39 is 5.82 Å². The average molecular weight is 522 g/mol. The number of oxime groups is 1. The van der Waals surface area contributed by atoms with Gasteiger partial charge in [-0.1, -0.05) is 28.4 Å². The monoisotopic (exact) mass is 519 g/mol. The number of benzene rings is 1. The van der Waals surface area contributed by atoms with E-state index in [1.165, 1.54) is 6.07 Å². The summed E-state index contributed by atoms with van der Waals surface area (Å²) in [5.41, 5.74) is 0.853. The van der Waals surface area contributed by atoms with E-state index in [4.69, 9.17) is 37.5 Å². The highest BCUT2D eigenvalue weighted by Crippen LogP contribution is 2.40. The van der Waals surface area contributed by atoms with Gasteiger partial charge in [0.25, 0.3) is 0 Å². The Balaban J connectivity index is 2.56. The quantitative estimate of drug-likeness (QED) is 0.149. The van der Waals surface area contributed by atoms with E-state index in [0.29, 0.717) is 23.0 Å². The van der Waals surface area contributed by atoms with Gasteiger partial charge in [-0.05, 0) is 64.6 Å². The van der Waals surface area contributed by atoms with Crippen molar-refractivity contribution in [3.63, 3.8) is 0 Å². The summed E-state index contributed by atoms with van der Waals surface area (Å²) in [5.74, 6) is -0.647. The smallest absolute Gasteiger partial charge is 0.187 e. The summed E-state index contributed by atoms with van der Waals surface area (Å²) >= 11 is 18.5. The Morgan fingerprint density at radius 2 is 1.88 bits per heavy atom. The molecule has 0 spiro atoms. The van der Waals surface area contributed by atoms with Crippen molar-refractivity contribution in [2.24, 2.45) is 5.16 Å². The summed E-state index contributed by atoms with van der Waals surface area (Å²) in [6, 6.07) is 1.34. The van der Waals surface area contributed by atoms with E-state index in [1.807, 2.05) is 13.8 Å². The van der Waals surface area contributed by atoms with Crippen LogP contribution in [0.15, 0.2) is 20.7 Å². The molecule has 0 aromatic heterocycles. The molecule has 0 saturated heterocycles. The van der Waals surface area contributed by atoms with Gasteiger partial charge in [0, 0.05) is 6.07 Å². The number of hydrogen-bond acceptors (Lipinski definition) is 4. The molecule has 1 aromatic carbocycles. The first-order valence-electron chi connectivity index (χ1n) is 7.40. The fraction of sp³-hybridized carbons (Fsp3) is 0.438. The lowest BCUT2D eigenvalue weighted by atomic mass is 10.3. The molecule has 0 N–H and O–H groups in total. The largest absolute Gasteiger partial charge is 0.490 e. The Labute approximate surface area is 173 Å². The molecule has 0 fully saturated rings. The molecule has 0 unspecified atom stereocenters. The van der Waals surface area contributed by atoms with Gasteiger partial charge in [0.05, 0.1) is 20.7 Å². The zero-order valence-corrected chi connectivity index (χ0v) is 18.4. The van der Waals surface area contributed by atoms with Gasteiger partial charge in [0.15, 0.2) is 17.3 Å². The molecule has 0 radical (unpaired) electrons. The van der Waals surface area contributed by atoms with Crippen molar-refractivity contribution in [3.8, 4) is 11.5 Å². The first-order valence-corrected chi connectivity index (χ1v) is 9.74. The number of unbranched alkanes of at least 4 members (excludes halogenated alkanes) is 1. The average Bonchev–Trinajstić information content (AvgIpc) is 2.53. The SMILES string of the molecule is CC(C)=NOCCCCOc1c(Cl)cc(OCC=C(Br)Br)c(F)c1Cl. The second kappa shape index (κ2) is 12.0. The van der Waals surface area contributed by atoms with Crippen LogP contribution in [0.2, 0.25) is 10.0 Å². The van der Waals surface area contributed by atoms with E-state index >= 15 is 0 Å². The predicted molar refractivity (Wildman–Crippen MR) is 107 cm³/mol. The van der Waals surface area contributed by atoms with Crippen molar-refractivity contribution >= 4 is 60.8 Å². The minimum atomic E-state index is -0.712. The van der Waals surface area contributed by atoms with E-state index in [9.17, 15) is 4.39 Å². The first kappa shape index (κ1) is 22.5. The second-order valence-electron chi connectivity index (χ2n) is 5.05. The van der Waals surface area contributed by atoms with Crippen LogP contribution in [0.4, 0.5) is 4.39 Å². The van der Waals surface area contributed by atoms with Crippen LogP contribution in [-0.2, 0) is 4.84 Å². The molecule has 1 rings (SSSR count). The van der Waals surface area contributed by atoms with Gasteiger partial charge in [0.1, 0.15) is 18.2 Å². The van der Waals surface area contributed by atoms with Crippen LogP contribution < -0.4 is 9.47 Å². The molecule has 0 aliphatic heterocycles. The van der Waals surface area contributed by atoms with E-state index in [0.717, 1.165) is 12.1 Å². The number of ether oxygens (including phenoxy) is 2. The van der Waals surface area contributed by atoms with Crippen molar-refractivity contribution in [3.05, 3.63) is 31.4 Å². The maximum Gasteiger partial charge on any atom is 0.187 e. The van der Waals surface area contributed by atoms with Crippen LogP contribution in [0, 0.1) is 5.82 Å². The number of nitrogens with zero attached hydrogens (tertiary/aromatic N) is 1. The van der Waals surface area contributed by atoms with Crippen LogP contribution in [0.3, 0.4) is 0 Å². The van der Waals surface area contributed by atoms with Crippen molar-refractivity contribution in [2.45, 2.75) is 26.7 Å². The fourth-order valence-electron chi connectivity index (χ4n) is 1.61. The highest BCUT2D eigenvalue weighted by molar-refractivity contribution is 9.28. The highest BCUT2D eigenvalue weighted by Gasteiger charge is 2.18. The Morgan fingerprint density at radius 1 is 1.20 bits per heavy atom. The standard InChI is InChI=1S/C16H18Br2Cl2FNO3/c1-10(2)22-25-7-4-3-6-24-16-11(19)9-12(15(21)14(16)20)23-8-5-13(17)18/h5,9H,3-4,6-8H2,1-2H3. The highest BCUT2D eigenvalue weighted by atomic mass is 79.9. The zero-order chi connectivity index (χ0) is 18.8. The molecule has 25 heavy (non-hydrogen) atoms. The summed E-state index contributed by atoms with van der Waals surface area (Å²) in [6.45, 7) is 4.66. The maximum atomic E-state index is 14.2. The zero-order valence-electron chi connectivity index (χ0n) is 13.8. The number of hydrogen-bond donors (Lipinski definition) is 0. The van der Waals surface area contributed by atoms with Gasteiger partial charge in [-0.15, -0.1) is 0 Å². The molecule has 4 nitrogen and oxygen atoms in total. The third-order valence-electron chi connectivity index (χ3n) is 2.68. The van der Waals surface area contributed by atoms with Crippen LogP contribution in [0.5, 0.6) is 11.5 Å². The molecule has 0 saturated carbocycles. The van der Waals surface area contributed by atoms with Gasteiger partial charge >= 0.3 is 0 Å². The summed E-state index contributed by atoms with van der Waals surface area (Å²) < 4.78 is 25.7. The van der Waals surface area contributed by atoms with Crippen molar-refractivity contribution < 1.29 is 18.7 Å². The van der Waals surface area contributed by atoms with Crippen LogP contribution >= 0.6 is 55.1 Å². The normalized spacial score (nSPS) is 10.2. The summed E-state index contributed by atoms with van der Waals surface area (Å²) in [5, 5.41) is 3.81. The molecule has 0 atom stereocenters. The van der Waals surface area contributed by atoms with Gasteiger partial charge in [-0.3, -0.25) is 0 Å². The Kier molecular flexibility index (Phi) is 10.8. The Morgan fingerprint density at radius 3 is 2.52 bits per heavy atom. The lowest BCUT2D eigenvalue weighted by Gasteiger charge is -2.13. The molecular weight excluding hydrogens is 504 g/mol. The third kappa shape index (κ3) is 8.62. The molecule has 1 aromatic rings. The van der Waals surface area contributed by atoms with Crippen molar-refractivity contribution in [1.29, 1.82) is 0 Å². The van der Waals surface area contributed by atoms with Gasteiger partial charge in [-0.2, -0.15) is 0 Å². The van der Waals surface area contributed by atoms with Gasteiger partial charge in [0.2, 0.25) is 0 Å². The molecule has 9 heteroatoms. The predicted octanol–water partition coefficient (Wildman–Crippen LogP) is 6.71. The van der Waals surface area contributed by atoms with Crippen LogP contribution in [0.25, 0.3) is 0 Å². The van der Waals surface area contributed by atoms with E-state index in [-0.39, 0.29) is 28.2 Å². The minimum absolute atomic E-state index is 0.0407. The molecule has 140 valence electrons. The van der Waals surface area contributed by atoms with Crippen LogP contribution in [-0.4, -0.2) is 25.5 Å². The van der Waals surface area contributed by atoms with E-state index in [2.05, 4.69) is 37.0 Å². The summed E-state index contributed by atoms with van der Waals surface area (Å²) in [7, 11) is 0. The molecule has 0 amide bonds. The number of halogens is 5. The Bertz CT molecular complexity index is 634. The number of rotatable bonds is 10. The molecule has 0 aliphatic carbocycles. The van der Waals surface area contributed by atoms with Crippen molar-refractivity contribution in [2.75, 3.05) is 19.8 Å². The van der Waals surface area contributed by atoms with E-state index in [1.54, 1.807) is 6.08 Å². The second-order valence-corrected chi connectivity index (χ2v) is 8.60. The lowest BCUT2D eigenvalue weighted by Crippen LogP contribution is -2.03. The first-order chi connectivity index (χ1) is 11.8. The summed E-state index contributed by atoms with van der Waals surface area (Å²) in [4.78, 5) is 5.08. The maximum absolute atomic E-state index is 14.2. The third-order valence-corrected chi connectivity index (χ3v) is 3.95. The Hall–Kier alpha value is -0.500. The summed E-state index contributed by atoms with van der Waals surface area (Å²) in [6.07, 6.45) is 3.09. The molecule has 0 bridgehead atoms. The molecular formula is C16H18Br2Cl2FNO3. The molecule has 0 aliphatic rings. The van der Waals surface area contributed by atoms with Gasteiger partial charge < -0.3 is 14.3 Å². The molecule has 0 heterocycles. The lowest BCUT2D eigenvalue weighted by molar-refractivity contribution is 0.135. The van der Waals surface area contributed by atoms with Crippen molar-refractivity contribution in [1.82, 2.24) is 0 Å². The minimum Gasteiger partial charge on any atom is -0.490 e. The van der Waals surface area contributed by atoms with Gasteiger partial charge in [-0.25, -0.2) is 4.39 Å².